The first kappa shape index (κ1) is 20.2. The second-order valence-corrected chi connectivity index (χ2v) is 7.50. The van der Waals surface area contributed by atoms with Gasteiger partial charge in [0.25, 0.3) is 0 Å². The zero-order valence-corrected chi connectivity index (χ0v) is 17.5. The Hall–Kier alpha value is -4.71. The lowest BCUT2D eigenvalue weighted by molar-refractivity contribution is 0.482. The van der Waals surface area contributed by atoms with Gasteiger partial charge in [0.1, 0.15) is 34.3 Å². The number of benzene rings is 4. The first-order valence-electron chi connectivity index (χ1n) is 10.3. The van der Waals surface area contributed by atoms with E-state index >= 15 is 0 Å². The molecule has 162 valence electrons. The predicted octanol–water partition coefficient (Wildman–Crippen LogP) is 6.21. The smallest absolute Gasteiger partial charge is 0.193 e. The van der Waals surface area contributed by atoms with Crippen LogP contribution in [0.25, 0.3) is 22.3 Å². The van der Waals surface area contributed by atoms with Crippen LogP contribution < -0.4 is 26.4 Å². The molecule has 0 unspecified atom stereocenters. The van der Waals surface area contributed by atoms with Crippen molar-refractivity contribution in [3.05, 3.63) is 107 Å². The molecule has 5 rings (SSSR count). The number of hydrogen-bond acceptors (Lipinski definition) is 6. The van der Waals surface area contributed by atoms with Gasteiger partial charge in [0, 0.05) is 23.0 Å². The van der Waals surface area contributed by atoms with E-state index in [0.29, 0.717) is 51.1 Å². The predicted molar refractivity (Wildman–Crippen MR) is 130 cm³/mol. The number of nitrogens with two attached hydrogens (primary N) is 2. The Balaban J connectivity index is 1.38. The molecule has 4 aromatic carbocycles. The molecule has 6 heteroatoms. The van der Waals surface area contributed by atoms with Crippen LogP contribution in [-0.4, -0.2) is 0 Å². The monoisotopic (exact) mass is 436 g/mol. The van der Waals surface area contributed by atoms with Crippen molar-refractivity contribution < 1.29 is 13.9 Å². The van der Waals surface area contributed by atoms with E-state index in [9.17, 15) is 4.79 Å². The third kappa shape index (κ3) is 4.50. The lowest BCUT2D eigenvalue weighted by atomic mass is 10.1. The number of hydrogen-bond donors (Lipinski definition) is 2. The molecule has 0 aliphatic rings. The molecule has 0 saturated carbocycles. The molecule has 0 spiro atoms. The van der Waals surface area contributed by atoms with Gasteiger partial charge in [0.2, 0.25) is 0 Å². The van der Waals surface area contributed by atoms with Gasteiger partial charge in [-0.05, 0) is 91.0 Å². The Morgan fingerprint density at radius 1 is 0.576 bits per heavy atom. The highest BCUT2D eigenvalue weighted by Crippen LogP contribution is 2.29. The average molecular weight is 436 g/mol. The third-order valence-corrected chi connectivity index (χ3v) is 5.07. The zero-order chi connectivity index (χ0) is 22.8. The summed E-state index contributed by atoms with van der Waals surface area (Å²) in [6.07, 6.45) is 0. The summed E-state index contributed by atoms with van der Waals surface area (Å²) in [5.74, 6) is 2.99. The Morgan fingerprint density at radius 3 is 1.64 bits per heavy atom. The molecule has 0 radical (unpaired) electrons. The van der Waals surface area contributed by atoms with Gasteiger partial charge < -0.3 is 25.4 Å². The Bertz CT molecular complexity index is 1470. The highest BCUT2D eigenvalue weighted by molar-refractivity contribution is 5.80. The summed E-state index contributed by atoms with van der Waals surface area (Å²) in [5, 5.41) is 0.440. The van der Waals surface area contributed by atoms with Crippen LogP contribution >= 0.6 is 0 Å². The molecular formula is C27H20N2O4. The van der Waals surface area contributed by atoms with E-state index in [1.807, 2.05) is 24.3 Å². The summed E-state index contributed by atoms with van der Waals surface area (Å²) in [6.45, 7) is 0. The van der Waals surface area contributed by atoms with Gasteiger partial charge in [-0.25, -0.2) is 0 Å². The number of rotatable bonds is 5. The van der Waals surface area contributed by atoms with E-state index < -0.39 is 0 Å². The number of nitrogen functional groups attached to an aromatic ring is 2. The van der Waals surface area contributed by atoms with Crippen LogP contribution in [0.3, 0.4) is 0 Å². The maximum Gasteiger partial charge on any atom is 0.193 e. The maximum atomic E-state index is 12.8. The van der Waals surface area contributed by atoms with Crippen LogP contribution in [0, 0.1) is 0 Å². The maximum absolute atomic E-state index is 12.8. The van der Waals surface area contributed by atoms with Crippen molar-refractivity contribution in [3.8, 4) is 34.3 Å². The topological polar surface area (TPSA) is 101 Å². The standard InChI is InChI=1S/C27H20N2O4/c28-18-3-9-21(10-4-18)31-20-7-1-17(2-8-20)27-16-25(30)24-15-23(13-14-26(24)33-27)32-22-11-5-19(29)6-12-22/h1-16H,28-29H2. The number of fused-ring (bicyclic) bond motifs is 1. The van der Waals surface area contributed by atoms with Gasteiger partial charge in [-0.1, -0.05) is 0 Å². The van der Waals surface area contributed by atoms with Crippen molar-refractivity contribution >= 4 is 22.3 Å². The highest BCUT2D eigenvalue weighted by Gasteiger charge is 2.09. The molecule has 0 atom stereocenters. The van der Waals surface area contributed by atoms with E-state index in [4.69, 9.17) is 25.4 Å². The van der Waals surface area contributed by atoms with Crippen molar-refractivity contribution in [1.82, 2.24) is 0 Å². The van der Waals surface area contributed by atoms with Gasteiger partial charge in [-0.2, -0.15) is 0 Å². The number of ether oxygens (including phenoxy) is 2. The summed E-state index contributed by atoms with van der Waals surface area (Å²) in [4.78, 5) is 12.8. The van der Waals surface area contributed by atoms with Crippen molar-refractivity contribution in [3.63, 3.8) is 0 Å². The van der Waals surface area contributed by atoms with Gasteiger partial charge in [0.05, 0.1) is 5.39 Å². The van der Waals surface area contributed by atoms with Gasteiger partial charge >= 0.3 is 0 Å². The lowest BCUT2D eigenvalue weighted by Gasteiger charge is -2.09. The van der Waals surface area contributed by atoms with Gasteiger partial charge in [0.15, 0.2) is 5.43 Å². The van der Waals surface area contributed by atoms with Crippen LogP contribution in [0.1, 0.15) is 0 Å². The lowest BCUT2D eigenvalue weighted by Crippen LogP contribution is -2.00. The van der Waals surface area contributed by atoms with Crippen molar-refractivity contribution in [2.75, 3.05) is 11.5 Å². The molecule has 33 heavy (non-hydrogen) atoms. The Kier molecular flexibility index (Phi) is 5.16. The van der Waals surface area contributed by atoms with Crippen LogP contribution in [0.15, 0.2) is 106 Å². The molecule has 1 heterocycles. The first-order chi connectivity index (χ1) is 16.0. The fourth-order valence-corrected chi connectivity index (χ4v) is 3.37. The van der Waals surface area contributed by atoms with E-state index in [2.05, 4.69) is 0 Å². The molecule has 0 fully saturated rings. The molecular weight excluding hydrogens is 416 g/mol. The fourth-order valence-electron chi connectivity index (χ4n) is 3.37. The average Bonchev–Trinajstić information content (AvgIpc) is 2.83. The summed E-state index contributed by atoms with van der Waals surface area (Å²) in [6, 6.07) is 28.2. The van der Waals surface area contributed by atoms with Gasteiger partial charge in [-0.3, -0.25) is 4.79 Å². The van der Waals surface area contributed by atoms with E-state index in [1.54, 1.807) is 66.7 Å². The van der Waals surface area contributed by atoms with E-state index in [-0.39, 0.29) is 5.43 Å². The normalized spacial score (nSPS) is 10.8. The first-order valence-corrected chi connectivity index (χ1v) is 10.3. The number of anilines is 2. The second kappa shape index (κ2) is 8.43. The molecule has 0 aliphatic heterocycles. The van der Waals surface area contributed by atoms with Crippen molar-refractivity contribution in [1.29, 1.82) is 0 Å². The van der Waals surface area contributed by atoms with Crippen LogP contribution in [0.4, 0.5) is 11.4 Å². The molecule has 0 amide bonds. The summed E-state index contributed by atoms with van der Waals surface area (Å²) in [5.41, 5.74) is 13.8. The summed E-state index contributed by atoms with van der Waals surface area (Å²) in [7, 11) is 0. The molecule has 0 bridgehead atoms. The van der Waals surface area contributed by atoms with Crippen molar-refractivity contribution in [2.45, 2.75) is 0 Å². The molecule has 4 N–H and O–H groups in total. The molecule has 1 aromatic heterocycles. The summed E-state index contributed by atoms with van der Waals surface area (Å²) < 4.78 is 17.6. The van der Waals surface area contributed by atoms with Crippen LogP contribution in [-0.2, 0) is 0 Å². The van der Waals surface area contributed by atoms with Gasteiger partial charge in [-0.15, -0.1) is 0 Å². The summed E-state index contributed by atoms with van der Waals surface area (Å²) >= 11 is 0. The molecule has 0 aliphatic carbocycles. The van der Waals surface area contributed by atoms with E-state index in [0.717, 1.165) is 5.56 Å². The molecule has 0 saturated heterocycles. The largest absolute Gasteiger partial charge is 0.457 e. The molecule has 6 nitrogen and oxygen atoms in total. The van der Waals surface area contributed by atoms with E-state index in [1.165, 1.54) is 6.07 Å². The minimum Gasteiger partial charge on any atom is -0.457 e. The molecule has 5 aromatic rings. The van der Waals surface area contributed by atoms with Crippen molar-refractivity contribution in [2.24, 2.45) is 0 Å². The minimum atomic E-state index is -0.156. The minimum absolute atomic E-state index is 0.156. The quantitative estimate of drug-likeness (QED) is 0.318. The van der Waals surface area contributed by atoms with Crippen LogP contribution in [0.5, 0.6) is 23.0 Å². The third-order valence-electron chi connectivity index (χ3n) is 5.07. The Labute approximate surface area is 189 Å². The fraction of sp³-hybridized carbons (Fsp3) is 0. The SMILES string of the molecule is Nc1ccc(Oc2ccc(-c3cc(=O)c4cc(Oc5ccc(N)cc5)ccc4o3)cc2)cc1. The zero-order valence-electron chi connectivity index (χ0n) is 17.5. The highest BCUT2D eigenvalue weighted by atomic mass is 16.5. The second-order valence-electron chi connectivity index (χ2n) is 7.50. The Morgan fingerprint density at radius 2 is 1.06 bits per heavy atom. The van der Waals surface area contributed by atoms with Crippen LogP contribution in [0.2, 0.25) is 0 Å².